The molecule has 15 atom stereocenters. The Morgan fingerprint density at radius 1 is 0.590 bits per heavy atom. The maximum absolute atomic E-state index is 10.8. The minimum atomic E-state index is -1.77. The van der Waals surface area contributed by atoms with E-state index in [2.05, 4.69) is 19.6 Å². The first-order valence-corrected chi connectivity index (χ1v) is 16.8. The van der Waals surface area contributed by atoms with Gasteiger partial charge in [-0.05, 0) is 13.0 Å². The lowest BCUT2D eigenvalue weighted by Gasteiger charge is -2.47. The molecular weight excluding hydrogens is 544 g/mol. The summed E-state index contributed by atoms with van der Waals surface area (Å²) in [6.45, 7) is 6.88. The molecule has 0 saturated carbocycles. The molecule has 39 heavy (non-hydrogen) atoms. The van der Waals surface area contributed by atoms with Gasteiger partial charge in [0.2, 0.25) is 0 Å². The molecule has 0 spiro atoms. The fraction of sp³-hybridized carbons (Fsp3) is 1.00. The molecular formula is C23H44O15Si. The molecule has 9 N–H and O–H groups in total. The highest BCUT2D eigenvalue weighted by atomic mass is 28.3. The van der Waals surface area contributed by atoms with E-state index in [1.54, 1.807) is 0 Å². The van der Waals surface area contributed by atoms with Crippen molar-refractivity contribution in [1.29, 1.82) is 0 Å². The molecule has 3 aliphatic heterocycles. The van der Waals surface area contributed by atoms with Crippen LogP contribution in [0.15, 0.2) is 0 Å². The number of hydrogen-bond donors (Lipinski definition) is 9. The molecule has 0 aromatic heterocycles. The summed E-state index contributed by atoms with van der Waals surface area (Å²) in [5.41, 5.74) is 0. The number of ether oxygens (including phenoxy) is 6. The van der Waals surface area contributed by atoms with Crippen LogP contribution < -0.4 is 0 Å². The topological polar surface area (TPSA) is 237 Å². The lowest BCUT2D eigenvalue weighted by atomic mass is 9.96. The summed E-state index contributed by atoms with van der Waals surface area (Å²) in [4.78, 5) is 0. The molecule has 230 valence electrons. The third-order valence-corrected chi connectivity index (χ3v) is 8.87. The van der Waals surface area contributed by atoms with Crippen LogP contribution in [0, 0.1) is 0 Å². The highest BCUT2D eigenvalue weighted by Gasteiger charge is 2.52. The van der Waals surface area contributed by atoms with Crippen molar-refractivity contribution in [3.05, 3.63) is 0 Å². The first-order chi connectivity index (χ1) is 18.2. The van der Waals surface area contributed by atoms with Crippen LogP contribution >= 0.6 is 0 Å². The van der Waals surface area contributed by atoms with Crippen LogP contribution in [0.1, 0.15) is 6.92 Å². The predicted molar refractivity (Wildman–Crippen MR) is 132 cm³/mol. The Kier molecular flexibility index (Phi) is 11.7. The van der Waals surface area contributed by atoms with Gasteiger partial charge >= 0.3 is 0 Å². The lowest BCUT2D eigenvalue weighted by Crippen LogP contribution is -2.66. The van der Waals surface area contributed by atoms with Crippen LogP contribution in [0.2, 0.25) is 25.7 Å². The second-order valence-electron chi connectivity index (χ2n) is 11.5. The Morgan fingerprint density at radius 2 is 1.08 bits per heavy atom. The van der Waals surface area contributed by atoms with E-state index in [1.165, 1.54) is 6.92 Å². The van der Waals surface area contributed by atoms with Crippen molar-refractivity contribution in [2.45, 2.75) is 125 Å². The van der Waals surface area contributed by atoms with E-state index in [1.807, 2.05) is 0 Å². The smallest absolute Gasteiger partial charge is 0.187 e. The first kappa shape index (κ1) is 33.1. The maximum atomic E-state index is 10.8. The molecule has 3 heterocycles. The molecule has 0 bridgehead atoms. The molecule has 3 saturated heterocycles. The van der Waals surface area contributed by atoms with E-state index >= 15 is 0 Å². The summed E-state index contributed by atoms with van der Waals surface area (Å²) in [5, 5.41) is 92.2. The third-order valence-electron chi connectivity index (χ3n) is 7.16. The fourth-order valence-electron chi connectivity index (χ4n) is 4.64. The largest absolute Gasteiger partial charge is 0.394 e. The van der Waals surface area contributed by atoms with Crippen molar-refractivity contribution < 1.29 is 74.4 Å². The van der Waals surface area contributed by atoms with Crippen LogP contribution in [-0.4, -0.2) is 166 Å². The second-order valence-corrected chi connectivity index (χ2v) is 17.1. The van der Waals surface area contributed by atoms with E-state index in [0.717, 1.165) is 6.04 Å². The normalized spacial score (nSPS) is 47.8. The zero-order chi connectivity index (χ0) is 29.2. The van der Waals surface area contributed by atoms with Crippen LogP contribution in [0.25, 0.3) is 0 Å². The van der Waals surface area contributed by atoms with Crippen molar-refractivity contribution in [2.24, 2.45) is 0 Å². The van der Waals surface area contributed by atoms with Gasteiger partial charge in [0.15, 0.2) is 18.9 Å². The van der Waals surface area contributed by atoms with Gasteiger partial charge in [0, 0.05) is 14.7 Å². The van der Waals surface area contributed by atoms with Crippen molar-refractivity contribution in [1.82, 2.24) is 0 Å². The molecule has 0 aliphatic carbocycles. The van der Waals surface area contributed by atoms with Gasteiger partial charge in [-0.15, -0.1) is 0 Å². The van der Waals surface area contributed by atoms with Gasteiger partial charge in [-0.1, -0.05) is 19.6 Å². The Labute approximate surface area is 227 Å². The van der Waals surface area contributed by atoms with Gasteiger partial charge in [0.25, 0.3) is 0 Å². The molecule has 3 fully saturated rings. The molecule has 0 unspecified atom stereocenters. The van der Waals surface area contributed by atoms with Crippen molar-refractivity contribution in [3.63, 3.8) is 0 Å². The zero-order valence-electron chi connectivity index (χ0n) is 22.5. The number of rotatable bonds is 10. The molecule has 0 aromatic carbocycles. The Balaban J connectivity index is 1.63. The van der Waals surface area contributed by atoms with Gasteiger partial charge < -0.3 is 74.4 Å². The van der Waals surface area contributed by atoms with Gasteiger partial charge in [-0.3, -0.25) is 0 Å². The predicted octanol–water partition coefficient (Wildman–Crippen LogP) is -4.18. The first-order valence-electron chi connectivity index (χ1n) is 13.1. The van der Waals surface area contributed by atoms with Gasteiger partial charge in [-0.25, -0.2) is 0 Å². The van der Waals surface area contributed by atoms with Crippen molar-refractivity contribution >= 4 is 8.07 Å². The molecule has 15 nitrogen and oxygen atoms in total. The molecule has 0 aromatic rings. The Morgan fingerprint density at radius 3 is 1.67 bits per heavy atom. The summed E-state index contributed by atoms with van der Waals surface area (Å²) in [6, 6.07) is 0.781. The van der Waals surface area contributed by atoms with Crippen LogP contribution in [0.3, 0.4) is 0 Å². The van der Waals surface area contributed by atoms with E-state index in [9.17, 15) is 46.0 Å². The Bertz CT molecular complexity index is 754. The summed E-state index contributed by atoms with van der Waals surface area (Å²) >= 11 is 0. The molecule has 3 rings (SSSR count). The summed E-state index contributed by atoms with van der Waals surface area (Å²) in [5.74, 6) is 0. The average Bonchev–Trinajstić information content (AvgIpc) is 2.87. The van der Waals surface area contributed by atoms with Crippen LogP contribution in [0.4, 0.5) is 0 Å². The average molecular weight is 589 g/mol. The summed E-state index contributed by atoms with van der Waals surface area (Å²) in [7, 11) is -1.44. The van der Waals surface area contributed by atoms with Crippen LogP contribution in [-0.2, 0) is 28.4 Å². The lowest BCUT2D eigenvalue weighted by molar-refractivity contribution is -0.375. The number of aliphatic hydroxyl groups excluding tert-OH is 9. The second kappa shape index (κ2) is 13.7. The molecule has 0 amide bonds. The van der Waals surface area contributed by atoms with Crippen molar-refractivity contribution in [3.8, 4) is 0 Å². The third kappa shape index (κ3) is 7.72. The quantitative estimate of drug-likeness (QED) is 0.110. The van der Waals surface area contributed by atoms with Crippen molar-refractivity contribution in [2.75, 3.05) is 19.8 Å². The Hall–Kier alpha value is -0.383. The summed E-state index contributed by atoms with van der Waals surface area (Å²) in [6.07, 6.45) is -22.1. The van der Waals surface area contributed by atoms with Gasteiger partial charge in [0.05, 0.1) is 19.3 Å². The molecule has 3 aliphatic rings. The maximum Gasteiger partial charge on any atom is 0.187 e. The minimum absolute atomic E-state index is 0.290. The summed E-state index contributed by atoms with van der Waals surface area (Å²) < 4.78 is 33.4. The molecule has 16 heteroatoms. The minimum Gasteiger partial charge on any atom is -0.394 e. The highest BCUT2D eigenvalue weighted by Crippen LogP contribution is 2.32. The highest BCUT2D eigenvalue weighted by molar-refractivity contribution is 6.76. The SMILES string of the molecule is C[C@H]1O[C@@H](O[C@H]2[C@H](O)[C@@H](O)[C@H](OCC[Si](C)(C)C)O[C@@H]2CO)[C@H](O)[C@@H](O)[C@H]1O[C@H]1O[C@H](CO)[C@H](O)[C@H](O)[C@H]1O. The zero-order valence-corrected chi connectivity index (χ0v) is 23.5. The van der Waals surface area contributed by atoms with E-state index in [0.29, 0.717) is 0 Å². The monoisotopic (exact) mass is 588 g/mol. The van der Waals surface area contributed by atoms with E-state index < -0.39 is 113 Å². The molecule has 0 radical (unpaired) electrons. The van der Waals surface area contributed by atoms with E-state index in [4.69, 9.17) is 28.4 Å². The number of hydrogen-bond acceptors (Lipinski definition) is 15. The van der Waals surface area contributed by atoms with E-state index in [-0.39, 0.29) is 6.61 Å². The van der Waals surface area contributed by atoms with Gasteiger partial charge in [-0.2, -0.15) is 0 Å². The number of aliphatic hydroxyl groups is 9. The van der Waals surface area contributed by atoms with Crippen LogP contribution in [0.5, 0.6) is 0 Å². The standard InChI is InChI=1S/C23H44O15Si/c1-9-19(37-23-16(30)13(27)12(26)10(7-24)35-23)14(28)18(32)22(34-9)38-20-11(8-25)36-21(17(31)15(20)29)33-5-6-39(2,3)4/h9-32H,5-8H2,1-4H3/t9-,10-,11-,12+,13+,14-,15-,16-,17-,18-,19+,20-,21-,22+,23-/m1/s1. The van der Waals surface area contributed by atoms with Gasteiger partial charge in [0.1, 0.15) is 67.1 Å². The fourth-order valence-corrected chi connectivity index (χ4v) is 5.37.